The lowest BCUT2D eigenvalue weighted by atomic mass is 9.99. The van der Waals surface area contributed by atoms with Gasteiger partial charge in [0.1, 0.15) is 5.75 Å². The summed E-state index contributed by atoms with van der Waals surface area (Å²) in [5, 5.41) is 0. The van der Waals surface area contributed by atoms with Crippen molar-refractivity contribution in [3.8, 4) is 5.75 Å². The third-order valence-electron chi connectivity index (χ3n) is 2.75. The molecule has 0 aliphatic carbocycles. The molecule has 0 aromatic heterocycles. The summed E-state index contributed by atoms with van der Waals surface area (Å²) in [5.41, 5.74) is 0.182. The normalized spacial score (nSPS) is 15.2. The van der Waals surface area contributed by atoms with Gasteiger partial charge in [0.2, 0.25) is 5.78 Å². The molecule has 0 saturated carbocycles. The molecule has 1 aromatic rings. The third-order valence-corrected chi connectivity index (χ3v) is 2.75. The van der Waals surface area contributed by atoms with Crippen LogP contribution in [-0.4, -0.2) is 24.7 Å². The number of hydrogen-bond acceptors (Lipinski definition) is 2. The molecule has 0 atom stereocenters. The highest BCUT2D eigenvalue weighted by atomic mass is 19.3. The number of benzene rings is 1. The molecule has 1 aliphatic rings. The number of rotatable bonds is 3. The minimum atomic E-state index is -4.65. The fraction of sp³-hybridized carbons (Fsp3) is 0.417. The van der Waals surface area contributed by atoms with Gasteiger partial charge < -0.3 is 4.74 Å². The molecule has 2 nitrogen and oxygen atoms in total. The number of alkyl halides is 4. The molecule has 1 heterocycles. The average molecular weight is 262 g/mol. The van der Waals surface area contributed by atoms with E-state index in [9.17, 15) is 22.4 Å². The first kappa shape index (κ1) is 12.9. The van der Waals surface area contributed by atoms with Gasteiger partial charge >= 0.3 is 12.3 Å². The van der Waals surface area contributed by atoms with Crippen LogP contribution >= 0.6 is 0 Å². The largest absolute Gasteiger partial charge is 0.493 e. The van der Waals surface area contributed by atoms with Gasteiger partial charge in [-0.15, -0.1) is 0 Å². The highest BCUT2D eigenvalue weighted by Gasteiger charge is 2.49. The Morgan fingerprint density at radius 3 is 2.72 bits per heavy atom. The highest BCUT2D eigenvalue weighted by molar-refractivity contribution is 6.01. The van der Waals surface area contributed by atoms with Crippen LogP contribution in [0.4, 0.5) is 17.6 Å². The van der Waals surface area contributed by atoms with Gasteiger partial charge in [-0.2, -0.15) is 8.78 Å². The van der Waals surface area contributed by atoms with Crippen LogP contribution < -0.4 is 4.74 Å². The van der Waals surface area contributed by atoms with E-state index in [1.807, 2.05) is 0 Å². The number of aryl methyl sites for hydroxylation is 1. The number of ether oxygens (including phenoxy) is 1. The van der Waals surface area contributed by atoms with E-state index in [0.29, 0.717) is 30.8 Å². The van der Waals surface area contributed by atoms with Crippen LogP contribution in [0.5, 0.6) is 5.75 Å². The third kappa shape index (κ3) is 2.19. The molecule has 0 spiro atoms. The summed E-state index contributed by atoms with van der Waals surface area (Å²) in [4.78, 5) is 11.3. The lowest BCUT2D eigenvalue weighted by Crippen LogP contribution is -2.36. The predicted molar refractivity (Wildman–Crippen MR) is 55.5 cm³/mol. The zero-order valence-corrected chi connectivity index (χ0v) is 9.26. The molecule has 1 aliphatic heterocycles. The Labute approximate surface area is 101 Å². The summed E-state index contributed by atoms with van der Waals surface area (Å²) in [6, 6.07) is 3.65. The molecule has 18 heavy (non-hydrogen) atoms. The SMILES string of the molecule is O=C(c1ccc2c(c1)CCCO2)C(F)(F)C(F)F. The maximum Gasteiger partial charge on any atom is 0.368 e. The zero-order valence-electron chi connectivity index (χ0n) is 9.26. The fourth-order valence-electron chi connectivity index (χ4n) is 1.79. The molecule has 0 amide bonds. The second-order valence-electron chi connectivity index (χ2n) is 4.03. The summed E-state index contributed by atoms with van der Waals surface area (Å²) in [6.45, 7) is 0.521. The molecule has 0 N–H and O–H groups in total. The lowest BCUT2D eigenvalue weighted by molar-refractivity contribution is -0.0958. The van der Waals surface area contributed by atoms with Crippen LogP contribution in [0.15, 0.2) is 18.2 Å². The van der Waals surface area contributed by atoms with Crippen molar-refractivity contribution in [3.63, 3.8) is 0 Å². The summed E-state index contributed by atoms with van der Waals surface area (Å²) in [6.07, 6.45) is -2.72. The van der Waals surface area contributed by atoms with Crippen molar-refractivity contribution in [3.05, 3.63) is 29.3 Å². The molecule has 0 radical (unpaired) electrons. The molecule has 6 heteroatoms. The molecule has 1 aromatic carbocycles. The average Bonchev–Trinajstić information content (AvgIpc) is 2.37. The molecule has 0 saturated heterocycles. The van der Waals surface area contributed by atoms with E-state index < -0.39 is 23.7 Å². The number of hydrogen-bond donors (Lipinski definition) is 0. The van der Waals surface area contributed by atoms with Crippen LogP contribution in [0.2, 0.25) is 0 Å². The Morgan fingerprint density at radius 1 is 1.33 bits per heavy atom. The Morgan fingerprint density at radius 2 is 2.06 bits per heavy atom. The quantitative estimate of drug-likeness (QED) is 0.618. The highest BCUT2D eigenvalue weighted by Crippen LogP contribution is 2.31. The summed E-state index contributed by atoms with van der Waals surface area (Å²) in [7, 11) is 0. The first-order chi connectivity index (χ1) is 8.43. The van der Waals surface area contributed by atoms with Crippen LogP contribution in [0.3, 0.4) is 0 Å². The van der Waals surface area contributed by atoms with E-state index in [4.69, 9.17) is 4.74 Å². The fourth-order valence-corrected chi connectivity index (χ4v) is 1.79. The van der Waals surface area contributed by atoms with Crippen molar-refractivity contribution in [1.82, 2.24) is 0 Å². The Hall–Kier alpha value is -1.59. The van der Waals surface area contributed by atoms with Crippen LogP contribution in [0.25, 0.3) is 0 Å². The van der Waals surface area contributed by atoms with Crippen molar-refractivity contribution in [2.45, 2.75) is 25.2 Å². The van der Waals surface area contributed by atoms with E-state index in [-0.39, 0.29) is 0 Å². The monoisotopic (exact) mass is 262 g/mol. The van der Waals surface area contributed by atoms with E-state index >= 15 is 0 Å². The molecular weight excluding hydrogens is 252 g/mol. The van der Waals surface area contributed by atoms with E-state index in [0.717, 1.165) is 6.07 Å². The Balaban J connectivity index is 2.32. The molecule has 98 valence electrons. The Kier molecular flexibility index (Phi) is 3.28. The van der Waals surface area contributed by atoms with Crippen molar-refractivity contribution in [1.29, 1.82) is 0 Å². The molecule has 0 unspecified atom stereocenters. The minimum absolute atomic E-state index is 0.412. The predicted octanol–water partition coefficient (Wildman–Crippen LogP) is 3.09. The van der Waals surface area contributed by atoms with Gasteiger partial charge in [0.25, 0.3) is 0 Å². The van der Waals surface area contributed by atoms with Crippen LogP contribution in [0.1, 0.15) is 22.3 Å². The van der Waals surface area contributed by atoms with E-state index in [2.05, 4.69) is 0 Å². The smallest absolute Gasteiger partial charge is 0.368 e. The molecular formula is C12H10F4O2. The number of carbonyl (C=O) groups excluding carboxylic acids is 1. The van der Waals surface area contributed by atoms with Gasteiger partial charge in [-0.05, 0) is 36.6 Å². The van der Waals surface area contributed by atoms with Crippen LogP contribution in [-0.2, 0) is 6.42 Å². The van der Waals surface area contributed by atoms with Gasteiger partial charge in [0.15, 0.2) is 0 Å². The number of Topliss-reactive ketones (excluding diaryl/α,β-unsaturated/α-hetero) is 1. The number of fused-ring (bicyclic) bond motifs is 1. The van der Waals surface area contributed by atoms with Gasteiger partial charge in [0, 0.05) is 5.56 Å². The second-order valence-corrected chi connectivity index (χ2v) is 4.03. The minimum Gasteiger partial charge on any atom is -0.493 e. The van der Waals surface area contributed by atoms with Crippen molar-refractivity contribution >= 4 is 5.78 Å². The van der Waals surface area contributed by atoms with E-state index in [1.54, 1.807) is 0 Å². The summed E-state index contributed by atoms with van der Waals surface area (Å²) in [5.74, 6) is -5.99. The number of ketones is 1. The van der Waals surface area contributed by atoms with Gasteiger partial charge in [0.05, 0.1) is 6.61 Å². The second kappa shape index (κ2) is 4.59. The first-order valence-electron chi connectivity index (χ1n) is 5.39. The lowest BCUT2D eigenvalue weighted by Gasteiger charge is -2.19. The first-order valence-corrected chi connectivity index (χ1v) is 5.39. The number of halogens is 4. The maximum absolute atomic E-state index is 12.9. The molecule has 0 bridgehead atoms. The maximum atomic E-state index is 12.9. The molecule has 2 rings (SSSR count). The van der Waals surface area contributed by atoms with Crippen molar-refractivity contribution in [2.75, 3.05) is 6.61 Å². The summed E-state index contributed by atoms with van der Waals surface area (Å²) >= 11 is 0. The van der Waals surface area contributed by atoms with Crippen molar-refractivity contribution in [2.24, 2.45) is 0 Å². The number of carbonyl (C=O) groups is 1. The van der Waals surface area contributed by atoms with Crippen molar-refractivity contribution < 1.29 is 27.1 Å². The van der Waals surface area contributed by atoms with Gasteiger partial charge in [-0.3, -0.25) is 4.79 Å². The van der Waals surface area contributed by atoms with E-state index in [1.165, 1.54) is 12.1 Å². The van der Waals surface area contributed by atoms with Gasteiger partial charge in [-0.25, -0.2) is 8.78 Å². The van der Waals surface area contributed by atoms with Crippen LogP contribution in [0, 0.1) is 0 Å². The zero-order chi connectivity index (χ0) is 13.3. The molecule has 0 fully saturated rings. The van der Waals surface area contributed by atoms with Gasteiger partial charge in [-0.1, -0.05) is 0 Å². The Bertz CT molecular complexity index is 471. The topological polar surface area (TPSA) is 26.3 Å². The summed E-state index contributed by atoms with van der Waals surface area (Å²) < 4.78 is 55.3. The standard InChI is InChI=1S/C12H10F4O2/c13-11(14)12(15,16)10(17)8-3-4-9-7(6-8)2-1-5-18-9/h3-4,6,11H,1-2,5H2.